The molecule has 3 rings (SSSR count). The van der Waals surface area contributed by atoms with Gasteiger partial charge in [-0.15, -0.1) is 0 Å². The zero-order valence-electron chi connectivity index (χ0n) is 10.4. The number of amides is 1. The molecular weight excluding hydrogens is 234 g/mol. The minimum atomic E-state index is -0.951. The lowest BCUT2D eigenvalue weighted by Crippen LogP contribution is -2.54. The highest BCUT2D eigenvalue weighted by Gasteiger charge is 2.48. The minimum Gasteiger partial charge on any atom is -0.480 e. The predicted octanol–water partition coefficient (Wildman–Crippen LogP) is 0.735. The van der Waals surface area contributed by atoms with Crippen molar-refractivity contribution in [2.45, 2.75) is 31.7 Å². The van der Waals surface area contributed by atoms with E-state index in [4.69, 9.17) is 4.74 Å². The summed E-state index contributed by atoms with van der Waals surface area (Å²) in [6, 6.07) is -0.786. The van der Waals surface area contributed by atoms with E-state index in [1.807, 2.05) is 0 Å². The first-order valence-corrected chi connectivity index (χ1v) is 6.79. The van der Waals surface area contributed by atoms with Gasteiger partial charge in [0.25, 0.3) is 0 Å². The largest absolute Gasteiger partial charge is 0.480 e. The molecule has 0 aromatic carbocycles. The zero-order chi connectivity index (χ0) is 12.7. The van der Waals surface area contributed by atoms with Crippen LogP contribution in [0.1, 0.15) is 25.7 Å². The molecule has 5 heteroatoms. The molecule has 3 fully saturated rings. The number of carboxylic acids is 1. The molecule has 1 unspecified atom stereocenters. The quantitative estimate of drug-likeness (QED) is 0.802. The normalized spacial score (nSPS) is 28.5. The minimum absolute atomic E-state index is 0.0655. The van der Waals surface area contributed by atoms with Crippen molar-refractivity contribution in [1.82, 2.24) is 4.90 Å². The molecule has 1 atom stereocenters. The molecule has 0 aromatic heterocycles. The van der Waals surface area contributed by atoms with Gasteiger partial charge < -0.3 is 14.7 Å². The first-order chi connectivity index (χ1) is 8.68. The van der Waals surface area contributed by atoms with Gasteiger partial charge in [-0.2, -0.15) is 0 Å². The molecule has 0 aromatic rings. The summed E-state index contributed by atoms with van der Waals surface area (Å²) in [5.74, 6) is 0.235. The number of nitrogens with zero attached hydrogens (tertiary/aromatic N) is 1. The molecule has 18 heavy (non-hydrogen) atoms. The lowest BCUT2D eigenvalue weighted by molar-refractivity contribution is -0.161. The summed E-state index contributed by atoms with van der Waals surface area (Å²) < 4.78 is 5.18. The number of carboxylic acid groups (broad SMARTS) is 1. The van der Waals surface area contributed by atoms with Gasteiger partial charge in [0, 0.05) is 12.5 Å². The molecule has 1 N–H and O–H groups in total. The van der Waals surface area contributed by atoms with Gasteiger partial charge in [-0.25, -0.2) is 4.79 Å². The molecule has 0 radical (unpaired) electrons. The van der Waals surface area contributed by atoms with E-state index in [-0.39, 0.29) is 18.4 Å². The molecule has 0 spiro atoms. The summed E-state index contributed by atoms with van der Waals surface area (Å²) in [7, 11) is 0. The van der Waals surface area contributed by atoms with Crippen molar-refractivity contribution in [2.75, 3.05) is 19.8 Å². The van der Waals surface area contributed by atoms with Crippen LogP contribution >= 0.6 is 0 Å². The SMILES string of the molecule is O=C(O)C1COCCN1C(=O)C(C1CC1)C1CC1. The number of hydrogen-bond donors (Lipinski definition) is 1. The highest BCUT2D eigenvalue weighted by Crippen LogP contribution is 2.50. The van der Waals surface area contributed by atoms with Gasteiger partial charge in [0.2, 0.25) is 5.91 Å². The smallest absolute Gasteiger partial charge is 0.328 e. The molecule has 2 aliphatic carbocycles. The Hall–Kier alpha value is -1.10. The van der Waals surface area contributed by atoms with Gasteiger partial charge in [-0.3, -0.25) is 4.79 Å². The van der Waals surface area contributed by atoms with E-state index in [1.165, 1.54) is 0 Å². The highest BCUT2D eigenvalue weighted by molar-refractivity contribution is 5.86. The fourth-order valence-corrected chi connectivity index (χ4v) is 2.96. The molecule has 0 bridgehead atoms. The second-order valence-electron chi connectivity index (χ2n) is 5.66. The molecule has 5 nitrogen and oxygen atoms in total. The fraction of sp³-hybridized carbons (Fsp3) is 0.846. The number of carbonyl (C=O) groups excluding carboxylic acids is 1. The zero-order valence-corrected chi connectivity index (χ0v) is 10.4. The first kappa shape index (κ1) is 12.0. The molecule has 100 valence electrons. The summed E-state index contributed by atoms with van der Waals surface area (Å²) in [6.07, 6.45) is 4.54. The van der Waals surface area contributed by atoms with Crippen LogP contribution in [0.5, 0.6) is 0 Å². The van der Waals surface area contributed by atoms with Gasteiger partial charge in [0.1, 0.15) is 0 Å². The molecule has 1 heterocycles. The maximum atomic E-state index is 12.6. The van der Waals surface area contributed by atoms with Crippen molar-refractivity contribution in [3.8, 4) is 0 Å². The van der Waals surface area contributed by atoms with Crippen molar-refractivity contribution in [3.05, 3.63) is 0 Å². The van der Waals surface area contributed by atoms with Crippen LogP contribution in [0.3, 0.4) is 0 Å². The second-order valence-corrected chi connectivity index (χ2v) is 5.66. The summed E-state index contributed by atoms with van der Waals surface area (Å²) in [6.45, 7) is 1.01. The predicted molar refractivity (Wildman–Crippen MR) is 62.9 cm³/mol. The second kappa shape index (κ2) is 4.53. The lowest BCUT2D eigenvalue weighted by Gasteiger charge is -2.35. The molecular formula is C13H19NO4. The van der Waals surface area contributed by atoms with Crippen molar-refractivity contribution in [3.63, 3.8) is 0 Å². The van der Waals surface area contributed by atoms with Gasteiger partial charge in [-0.05, 0) is 37.5 Å². The third-order valence-electron chi connectivity index (χ3n) is 4.24. The Bertz CT molecular complexity index is 350. The van der Waals surface area contributed by atoms with E-state index < -0.39 is 12.0 Å². The van der Waals surface area contributed by atoms with E-state index in [2.05, 4.69) is 0 Å². The monoisotopic (exact) mass is 253 g/mol. The number of carbonyl (C=O) groups is 2. The standard InChI is InChI=1S/C13H19NO4/c15-12(11(8-1-2-8)9-3-4-9)14-5-6-18-7-10(14)13(16)17/h8-11H,1-7H2,(H,16,17). The van der Waals surface area contributed by atoms with E-state index >= 15 is 0 Å². The molecule has 1 saturated heterocycles. The Morgan fingerprint density at radius 1 is 1.17 bits per heavy atom. The Kier molecular flexibility index (Phi) is 3.01. The molecule has 1 aliphatic heterocycles. The van der Waals surface area contributed by atoms with Crippen LogP contribution < -0.4 is 0 Å². The summed E-state index contributed by atoms with van der Waals surface area (Å²) >= 11 is 0. The Labute approximate surface area is 106 Å². The Morgan fingerprint density at radius 3 is 2.28 bits per heavy atom. The average Bonchev–Trinajstić information content (AvgIpc) is 3.23. The molecule has 1 amide bonds. The lowest BCUT2D eigenvalue weighted by atomic mass is 9.95. The van der Waals surface area contributed by atoms with Crippen LogP contribution in [0.4, 0.5) is 0 Å². The van der Waals surface area contributed by atoms with E-state index in [0.717, 1.165) is 25.7 Å². The average molecular weight is 253 g/mol. The van der Waals surface area contributed by atoms with Crippen molar-refractivity contribution in [2.24, 2.45) is 17.8 Å². The van der Waals surface area contributed by atoms with Gasteiger partial charge in [0.15, 0.2) is 6.04 Å². The maximum Gasteiger partial charge on any atom is 0.328 e. The van der Waals surface area contributed by atoms with Gasteiger partial charge in [0.05, 0.1) is 13.2 Å². The maximum absolute atomic E-state index is 12.6. The fourth-order valence-electron chi connectivity index (χ4n) is 2.96. The summed E-state index contributed by atoms with van der Waals surface area (Å²) in [4.78, 5) is 25.3. The van der Waals surface area contributed by atoms with E-state index in [9.17, 15) is 14.7 Å². The molecule has 2 saturated carbocycles. The number of hydrogen-bond acceptors (Lipinski definition) is 3. The highest BCUT2D eigenvalue weighted by atomic mass is 16.5. The van der Waals surface area contributed by atoms with Gasteiger partial charge >= 0.3 is 5.97 Å². The number of rotatable bonds is 4. The van der Waals surface area contributed by atoms with Crippen LogP contribution in [0.15, 0.2) is 0 Å². The summed E-state index contributed by atoms with van der Waals surface area (Å²) in [5.41, 5.74) is 0. The van der Waals surface area contributed by atoms with Crippen LogP contribution in [0, 0.1) is 17.8 Å². The van der Waals surface area contributed by atoms with E-state index in [1.54, 1.807) is 4.90 Å². The van der Waals surface area contributed by atoms with Crippen molar-refractivity contribution in [1.29, 1.82) is 0 Å². The van der Waals surface area contributed by atoms with Crippen LogP contribution in [-0.4, -0.2) is 47.7 Å². The topological polar surface area (TPSA) is 66.8 Å². The number of aliphatic carboxylic acids is 1. The van der Waals surface area contributed by atoms with Crippen molar-refractivity contribution < 1.29 is 19.4 Å². The number of ether oxygens (including phenoxy) is 1. The van der Waals surface area contributed by atoms with Crippen LogP contribution in [-0.2, 0) is 14.3 Å². The third kappa shape index (κ3) is 2.23. The van der Waals surface area contributed by atoms with E-state index in [0.29, 0.717) is 25.0 Å². The Morgan fingerprint density at radius 2 is 1.78 bits per heavy atom. The van der Waals surface area contributed by atoms with Crippen LogP contribution in [0.2, 0.25) is 0 Å². The number of morpholine rings is 1. The Balaban J connectivity index is 1.74. The van der Waals surface area contributed by atoms with Crippen LogP contribution in [0.25, 0.3) is 0 Å². The van der Waals surface area contributed by atoms with Gasteiger partial charge in [-0.1, -0.05) is 0 Å². The molecule has 3 aliphatic rings. The first-order valence-electron chi connectivity index (χ1n) is 6.79. The van der Waals surface area contributed by atoms with Crippen molar-refractivity contribution >= 4 is 11.9 Å². The summed E-state index contributed by atoms with van der Waals surface area (Å²) in [5, 5.41) is 9.17. The third-order valence-corrected chi connectivity index (χ3v) is 4.24.